The lowest BCUT2D eigenvalue weighted by Gasteiger charge is -2.36. The van der Waals surface area contributed by atoms with Crippen molar-refractivity contribution in [3.63, 3.8) is 0 Å². The summed E-state index contributed by atoms with van der Waals surface area (Å²) in [7, 11) is 0. The van der Waals surface area contributed by atoms with Gasteiger partial charge in [-0.2, -0.15) is 5.10 Å². The predicted molar refractivity (Wildman–Crippen MR) is 119 cm³/mol. The summed E-state index contributed by atoms with van der Waals surface area (Å²) >= 11 is 1.74. The summed E-state index contributed by atoms with van der Waals surface area (Å²) in [6.07, 6.45) is 0.834. The second-order valence-corrected chi connectivity index (χ2v) is 8.54. The average Bonchev–Trinajstić information content (AvgIpc) is 3.26. The molecule has 0 unspecified atom stereocenters. The Balaban J connectivity index is 1.52. The molecule has 2 aromatic carbocycles. The maximum Gasteiger partial charge on any atom is 0.275 e. The van der Waals surface area contributed by atoms with Gasteiger partial charge in [-0.15, -0.1) is 11.3 Å². The number of amides is 1. The third-order valence-electron chi connectivity index (χ3n) is 5.74. The Bertz CT molecular complexity index is 1290. The second kappa shape index (κ2) is 7.54. The highest BCUT2D eigenvalue weighted by Gasteiger charge is 2.33. The number of carbonyl (C=O) groups is 1. The van der Waals surface area contributed by atoms with Crippen molar-refractivity contribution in [2.45, 2.75) is 25.9 Å². The monoisotopic (exact) mass is 415 g/mol. The van der Waals surface area contributed by atoms with Gasteiger partial charge in [-0.1, -0.05) is 48.5 Å². The summed E-state index contributed by atoms with van der Waals surface area (Å²) in [5.41, 5.74) is 2.78. The molecule has 0 bridgehead atoms. The highest BCUT2D eigenvalue weighted by molar-refractivity contribution is 7.10. The van der Waals surface area contributed by atoms with Crippen molar-refractivity contribution in [2.24, 2.45) is 0 Å². The van der Waals surface area contributed by atoms with Crippen LogP contribution in [0.3, 0.4) is 0 Å². The Kier molecular flexibility index (Phi) is 4.71. The third-order valence-corrected chi connectivity index (χ3v) is 6.74. The molecule has 0 spiro atoms. The number of aromatic nitrogens is 2. The molecule has 2 aromatic heterocycles. The maximum atomic E-state index is 13.4. The van der Waals surface area contributed by atoms with E-state index in [1.807, 2.05) is 48.2 Å². The number of thiophene rings is 1. The van der Waals surface area contributed by atoms with E-state index in [9.17, 15) is 9.59 Å². The molecular formula is C24H21N3O2S. The van der Waals surface area contributed by atoms with Crippen LogP contribution >= 0.6 is 11.3 Å². The fourth-order valence-electron chi connectivity index (χ4n) is 4.31. The SMILES string of the molecule is Cc1nn(CC(=O)N2CCc3sccc3[C@H]2c2ccccc2)c(=O)c2ccccc12. The Morgan fingerprint density at radius 1 is 1.07 bits per heavy atom. The number of carbonyl (C=O) groups excluding carboxylic acids is 1. The lowest BCUT2D eigenvalue weighted by Crippen LogP contribution is -2.43. The summed E-state index contributed by atoms with van der Waals surface area (Å²) in [5, 5.41) is 7.94. The average molecular weight is 416 g/mol. The molecule has 0 fully saturated rings. The summed E-state index contributed by atoms with van der Waals surface area (Å²) in [4.78, 5) is 29.6. The first-order chi connectivity index (χ1) is 14.6. The summed E-state index contributed by atoms with van der Waals surface area (Å²) in [5.74, 6) is -0.0926. The topological polar surface area (TPSA) is 55.2 Å². The van der Waals surface area contributed by atoms with Gasteiger partial charge in [-0.3, -0.25) is 9.59 Å². The molecule has 4 aromatic rings. The van der Waals surface area contributed by atoms with Crippen LogP contribution in [0, 0.1) is 6.92 Å². The molecule has 0 radical (unpaired) electrons. The summed E-state index contributed by atoms with van der Waals surface area (Å²) in [6.45, 7) is 2.44. The molecule has 0 saturated carbocycles. The van der Waals surface area contributed by atoms with E-state index in [0.717, 1.165) is 23.1 Å². The first kappa shape index (κ1) is 18.8. The Hall–Kier alpha value is -3.25. The number of benzene rings is 2. The van der Waals surface area contributed by atoms with E-state index in [1.165, 1.54) is 15.1 Å². The van der Waals surface area contributed by atoms with Gasteiger partial charge < -0.3 is 4.90 Å². The van der Waals surface area contributed by atoms with Gasteiger partial charge in [0.25, 0.3) is 5.56 Å². The zero-order valence-electron chi connectivity index (χ0n) is 16.6. The van der Waals surface area contributed by atoms with Crippen molar-refractivity contribution in [3.05, 3.63) is 98.1 Å². The Labute approximate surface area is 178 Å². The fraction of sp³-hybridized carbons (Fsp3) is 0.208. The van der Waals surface area contributed by atoms with Crippen LogP contribution in [-0.2, 0) is 17.8 Å². The molecule has 5 rings (SSSR count). The van der Waals surface area contributed by atoms with Crippen molar-refractivity contribution >= 4 is 28.0 Å². The molecule has 0 aliphatic carbocycles. The molecule has 0 N–H and O–H groups in total. The summed E-state index contributed by atoms with van der Waals surface area (Å²) < 4.78 is 1.31. The van der Waals surface area contributed by atoms with Crippen LogP contribution in [0.1, 0.15) is 27.7 Å². The highest BCUT2D eigenvalue weighted by atomic mass is 32.1. The van der Waals surface area contributed by atoms with Gasteiger partial charge in [0.15, 0.2) is 0 Å². The van der Waals surface area contributed by atoms with Gasteiger partial charge in [0.2, 0.25) is 5.91 Å². The van der Waals surface area contributed by atoms with Crippen LogP contribution in [0.25, 0.3) is 10.8 Å². The van der Waals surface area contributed by atoms with Crippen molar-refractivity contribution in [1.82, 2.24) is 14.7 Å². The van der Waals surface area contributed by atoms with Crippen LogP contribution in [0.5, 0.6) is 0 Å². The maximum absolute atomic E-state index is 13.4. The largest absolute Gasteiger partial charge is 0.330 e. The number of aryl methyl sites for hydroxylation is 1. The first-order valence-electron chi connectivity index (χ1n) is 10.0. The van der Waals surface area contributed by atoms with Gasteiger partial charge in [-0.25, -0.2) is 4.68 Å². The minimum absolute atomic E-state index is 0.0622. The summed E-state index contributed by atoms with van der Waals surface area (Å²) in [6, 6.07) is 19.5. The van der Waals surface area contributed by atoms with Gasteiger partial charge >= 0.3 is 0 Å². The fourth-order valence-corrected chi connectivity index (χ4v) is 5.21. The van der Waals surface area contributed by atoms with Crippen molar-refractivity contribution in [2.75, 3.05) is 6.54 Å². The standard InChI is InChI=1S/C24H21N3O2S/c1-16-18-9-5-6-10-19(18)24(29)27(25-16)15-22(28)26-13-11-21-20(12-14-30-21)23(26)17-7-3-2-4-8-17/h2-10,12,14,23H,11,13,15H2,1H3/t23-/m1/s1. The van der Waals surface area contributed by atoms with Crippen LogP contribution in [-0.4, -0.2) is 27.1 Å². The minimum Gasteiger partial charge on any atom is -0.330 e. The highest BCUT2D eigenvalue weighted by Crippen LogP contribution is 2.37. The molecule has 150 valence electrons. The zero-order chi connectivity index (χ0) is 20.7. The lowest BCUT2D eigenvalue weighted by atomic mass is 9.93. The molecule has 0 saturated heterocycles. The van der Waals surface area contributed by atoms with Crippen molar-refractivity contribution < 1.29 is 4.79 Å². The van der Waals surface area contributed by atoms with E-state index in [2.05, 4.69) is 28.7 Å². The lowest BCUT2D eigenvalue weighted by molar-refractivity contribution is -0.134. The van der Waals surface area contributed by atoms with E-state index in [0.29, 0.717) is 11.9 Å². The molecule has 6 heteroatoms. The normalized spacial score (nSPS) is 15.9. The molecule has 1 amide bonds. The Morgan fingerprint density at radius 3 is 2.60 bits per heavy atom. The smallest absolute Gasteiger partial charge is 0.275 e. The number of hydrogen-bond donors (Lipinski definition) is 0. The van der Waals surface area contributed by atoms with Gasteiger partial charge in [0, 0.05) is 16.8 Å². The van der Waals surface area contributed by atoms with E-state index in [-0.39, 0.29) is 24.1 Å². The van der Waals surface area contributed by atoms with E-state index < -0.39 is 0 Å². The third kappa shape index (κ3) is 3.13. The Morgan fingerprint density at radius 2 is 1.80 bits per heavy atom. The minimum atomic E-state index is -0.228. The van der Waals surface area contributed by atoms with Crippen LogP contribution in [0.15, 0.2) is 70.8 Å². The number of fused-ring (bicyclic) bond motifs is 2. The zero-order valence-corrected chi connectivity index (χ0v) is 17.4. The molecule has 1 aliphatic heterocycles. The van der Waals surface area contributed by atoms with E-state index in [1.54, 1.807) is 17.4 Å². The van der Waals surface area contributed by atoms with Crippen molar-refractivity contribution in [1.29, 1.82) is 0 Å². The number of rotatable bonds is 3. The molecule has 1 atom stereocenters. The number of hydrogen-bond acceptors (Lipinski definition) is 4. The second-order valence-electron chi connectivity index (χ2n) is 7.54. The van der Waals surface area contributed by atoms with Crippen LogP contribution in [0.2, 0.25) is 0 Å². The van der Waals surface area contributed by atoms with Crippen molar-refractivity contribution in [3.8, 4) is 0 Å². The quantitative estimate of drug-likeness (QED) is 0.509. The first-order valence-corrected chi connectivity index (χ1v) is 10.9. The van der Waals surface area contributed by atoms with Crippen LogP contribution < -0.4 is 5.56 Å². The van der Waals surface area contributed by atoms with Gasteiger partial charge in [0.1, 0.15) is 6.54 Å². The molecule has 1 aliphatic rings. The molecule has 30 heavy (non-hydrogen) atoms. The molecule has 5 nitrogen and oxygen atoms in total. The van der Waals surface area contributed by atoms with E-state index >= 15 is 0 Å². The van der Waals surface area contributed by atoms with Gasteiger partial charge in [0.05, 0.1) is 17.1 Å². The predicted octanol–water partition coefficient (Wildman–Crippen LogP) is 3.94. The van der Waals surface area contributed by atoms with Gasteiger partial charge in [-0.05, 0) is 42.0 Å². The molecular weight excluding hydrogens is 394 g/mol. The van der Waals surface area contributed by atoms with E-state index in [4.69, 9.17) is 0 Å². The van der Waals surface area contributed by atoms with Crippen LogP contribution in [0.4, 0.5) is 0 Å². The molecule has 3 heterocycles. The number of nitrogens with zero attached hydrogens (tertiary/aromatic N) is 3.